The zero-order valence-corrected chi connectivity index (χ0v) is 24.0. The van der Waals surface area contributed by atoms with Crippen LogP contribution in [0.3, 0.4) is 0 Å². The van der Waals surface area contributed by atoms with Crippen molar-refractivity contribution >= 4 is 33.7 Å². The van der Waals surface area contributed by atoms with E-state index in [-0.39, 0.29) is 17.1 Å². The van der Waals surface area contributed by atoms with Crippen molar-refractivity contribution in [2.45, 2.75) is 19.7 Å². The van der Waals surface area contributed by atoms with E-state index in [1.165, 1.54) is 18.3 Å². The van der Waals surface area contributed by atoms with Crippen LogP contribution in [-0.2, 0) is 12.8 Å². The largest absolute Gasteiger partial charge is 0.490 e. The average molecular weight is 658 g/mol. The number of nitro groups is 1. The third-order valence-electron chi connectivity index (χ3n) is 5.78. The number of rotatable bonds is 11. The molecule has 0 aliphatic rings. The lowest BCUT2D eigenvalue weighted by Crippen LogP contribution is -2.17. The Morgan fingerprint density at radius 2 is 1.67 bits per heavy atom. The highest BCUT2D eigenvalue weighted by Gasteiger charge is 2.33. The Bertz CT molecular complexity index is 1650. The van der Waals surface area contributed by atoms with E-state index in [0.29, 0.717) is 46.9 Å². The van der Waals surface area contributed by atoms with Crippen LogP contribution in [0.4, 0.5) is 18.9 Å². The Kier molecular flexibility index (Phi) is 9.99. The fraction of sp³-hybridized carbons (Fsp3) is 0.133. The van der Waals surface area contributed by atoms with Crippen molar-refractivity contribution < 1.29 is 37.1 Å². The van der Waals surface area contributed by atoms with Crippen LogP contribution in [0, 0.1) is 10.1 Å². The molecule has 43 heavy (non-hydrogen) atoms. The number of ether oxygens (including phenoxy) is 3. The van der Waals surface area contributed by atoms with E-state index >= 15 is 0 Å². The fourth-order valence-electron chi connectivity index (χ4n) is 3.72. The number of alkyl halides is 3. The number of hydrogen-bond donors (Lipinski definition) is 1. The van der Waals surface area contributed by atoms with Gasteiger partial charge in [0.25, 0.3) is 5.91 Å². The molecule has 4 aromatic carbocycles. The minimum Gasteiger partial charge on any atom is -0.490 e. The van der Waals surface area contributed by atoms with Crippen molar-refractivity contribution in [2.24, 2.45) is 5.10 Å². The SMILES string of the molecule is CCOc1cc(C(=O)N/N=C/c2ccc(Oc3ccc(C(F)(F)F)cc3[N+](=O)[O-])c(Br)c2)ccc1OCc1ccccc1. The van der Waals surface area contributed by atoms with Crippen LogP contribution in [0.1, 0.15) is 34.0 Å². The maximum atomic E-state index is 13.0. The summed E-state index contributed by atoms with van der Waals surface area (Å²) in [7, 11) is 0. The summed E-state index contributed by atoms with van der Waals surface area (Å²) in [5, 5.41) is 15.3. The lowest BCUT2D eigenvalue weighted by molar-refractivity contribution is -0.385. The van der Waals surface area contributed by atoms with Crippen molar-refractivity contribution in [1.29, 1.82) is 0 Å². The molecule has 0 fully saturated rings. The van der Waals surface area contributed by atoms with Crippen LogP contribution in [0.5, 0.6) is 23.0 Å². The second kappa shape index (κ2) is 13.8. The number of carbonyl (C=O) groups is 1. The molecule has 0 radical (unpaired) electrons. The molecule has 0 saturated carbocycles. The zero-order valence-electron chi connectivity index (χ0n) is 22.4. The smallest absolute Gasteiger partial charge is 0.416 e. The van der Waals surface area contributed by atoms with Crippen LogP contribution < -0.4 is 19.6 Å². The van der Waals surface area contributed by atoms with Gasteiger partial charge in [0, 0.05) is 11.6 Å². The Morgan fingerprint density at radius 3 is 2.35 bits per heavy atom. The van der Waals surface area contributed by atoms with Crippen molar-refractivity contribution in [3.05, 3.63) is 122 Å². The Balaban J connectivity index is 1.41. The Morgan fingerprint density at radius 1 is 0.953 bits per heavy atom. The number of carbonyl (C=O) groups excluding carboxylic acids is 1. The van der Waals surface area contributed by atoms with Gasteiger partial charge >= 0.3 is 11.9 Å². The lowest BCUT2D eigenvalue weighted by Gasteiger charge is -2.13. The van der Waals surface area contributed by atoms with Crippen molar-refractivity contribution in [1.82, 2.24) is 5.43 Å². The van der Waals surface area contributed by atoms with Gasteiger partial charge in [-0.1, -0.05) is 30.3 Å². The predicted molar refractivity (Wildman–Crippen MR) is 156 cm³/mol. The van der Waals surface area contributed by atoms with Gasteiger partial charge in [0.2, 0.25) is 5.75 Å². The standard InChI is InChI=1S/C30H23BrF3N3O6/c1-2-41-28-15-21(9-12-27(28)42-18-19-6-4-3-5-7-19)29(38)36-35-17-20-8-11-25(23(31)14-20)43-26-13-10-22(30(32,33)34)16-24(26)37(39)40/h3-17H,2,18H2,1H3,(H,36,38)/b35-17+. The normalized spacial score (nSPS) is 11.3. The zero-order chi connectivity index (χ0) is 31.0. The predicted octanol–water partition coefficient (Wildman–Crippen LogP) is 7.91. The first kappa shape index (κ1) is 31.0. The highest BCUT2D eigenvalue weighted by atomic mass is 79.9. The second-order valence-electron chi connectivity index (χ2n) is 8.80. The van der Waals surface area contributed by atoms with Crippen LogP contribution in [0.2, 0.25) is 0 Å². The first-order valence-corrected chi connectivity index (χ1v) is 13.4. The van der Waals surface area contributed by atoms with Gasteiger partial charge in [0.05, 0.1) is 27.8 Å². The van der Waals surface area contributed by atoms with Crippen LogP contribution in [0.15, 0.2) is 94.5 Å². The van der Waals surface area contributed by atoms with Gasteiger partial charge < -0.3 is 14.2 Å². The molecular weight excluding hydrogens is 635 g/mol. The summed E-state index contributed by atoms with van der Waals surface area (Å²) >= 11 is 3.28. The van der Waals surface area contributed by atoms with Gasteiger partial charge in [0.15, 0.2) is 11.5 Å². The van der Waals surface area contributed by atoms with E-state index in [2.05, 4.69) is 26.5 Å². The fourth-order valence-corrected chi connectivity index (χ4v) is 4.20. The maximum absolute atomic E-state index is 13.0. The number of nitrogens with zero attached hydrogens (tertiary/aromatic N) is 2. The molecule has 9 nitrogen and oxygen atoms in total. The summed E-state index contributed by atoms with van der Waals surface area (Å²) in [6.07, 6.45) is -3.39. The van der Waals surface area contributed by atoms with E-state index in [9.17, 15) is 28.1 Å². The number of nitro benzene ring substituents is 1. The van der Waals surface area contributed by atoms with Gasteiger partial charge in [-0.2, -0.15) is 18.3 Å². The van der Waals surface area contributed by atoms with Gasteiger partial charge in [0.1, 0.15) is 12.4 Å². The summed E-state index contributed by atoms with van der Waals surface area (Å²) in [5.74, 6) is 0.139. The molecule has 0 aliphatic heterocycles. The number of halogens is 4. The summed E-state index contributed by atoms with van der Waals surface area (Å²) in [5.41, 5.74) is 2.21. The molecule has 0 saturated heterocycles. The number of amides is 1. The van der Waals surface area contributed by atoms with Gasteiger partial charge in [-0.3, -0.25) is 14.9 Å². The van der Waals surface area contributed by atoms with Crippen LogP contribution in [-0.4, -0.2) is 23.7 Å². The Labute approximate surface area is 252 Å². The minimum absolute atomic E-state index is 0.113. The summed E-state index contributed by atoms with van der Waals surface area (Å²) in [6, 6.07) is 20.9. The second-order valence-corrected chi connectivity index (χ2v) is 9.65. The molecule has 4 rings (SSSR count). The van der Waals surface area contributed by atoms with Crippen molar-refractivity contribution in [3.8, 4) is 23.0 Å². The van der Waals surface area contributed by atoms with E-state index in [0.717, 1.165) is 11.6 Å². The first-order valence-electron chi connectivity index (χ1n) is 12.6. The minimum atomic E-state index is -4.74. The molecule has 0 bridgehead atoms. The van der Waals surface area contributed by atoms with E-state index in [4.69, 9.17) is 14.2 Å². The number of nitrogens with one attached hydrogen (secondary N) is 1. The van der Waals surface area contributed by atoms with Crippen molar-refractivity contribution in [2.75, 3.05) is 6.61 Å². The molecule has 222 valence electrons. The van der Waals surface area contributed by atoms with Crippen LogP contribution >= 0.6 is 15.9 Å². The highest BCUT2D eigenvalue weighted by molar-refractivity contribution is 9.10. The average Bonchev–Trinajstić information content (AvgIpc) is 2.98. The summed E-state index contributed by atoms with van der Waals surface area (Å²) < 4.78 is 56.3. The highest BCUT2D eigenvalue weighted by Crippen LogP contribution is 2.39. The van der Waals surface area contributed by atoms with Gasteiger partial charge in [-0.15, -0.1) is 0 Å². The third kappa shape index (κ3) is 8.32. The molecule has 0 heterocycles. The number of hydrogen-bond acceptors (Lipinski definition) is 7. The summed E-state index contributed by atoms with van der Waals surface area (Å²) in [4.78, 5) is 23.1. The van der Waals surface area contributed by atoms with E-state index < -0.39 is 28.3 Å². The molecule has 4 aromatic rings. The molecule has 0 aliphatic carbocycles. The third-order valence-corrected chi connectivity index (χ3v) is 6.40. The molecule has 0 atom stereocenters. The number of benzene rings is 4. The molecule has 1 amide bonds. The van der Waals surface area contributed by atoms with Crippen LogP contribution in [0.25, 0.3) is 0 Å². The first-order chi connectivity index (χ1) is 20.5. The molecular formula is C30H23BrF3N3O6. The Hall–Kier alpha value is -4.91. The van der Waals surface area contributed by atoms with E-state index in [1.54, 1.807) is 24.3 Å². The van der Waals surface area contributed by atoms with E-state index in [1.807, 2.05) is 37.3 Å². The molecule has 0 spiro atoms. The van der Waals surface area contributed by atoms with Gasteiger partial charge in [-0.05, 0) is 82.5 Å². The molecule has 0 unspecified atom stereocenters. The summed E-state index contributed by atoms with van der Waals surface area (Å²) in [6.45, 7) is 2.51. The molecule has 13 heteroatoms. The number of hydrazone groups is 1. The monoisotopic (exact) mass is 657 g/mol. The topological polar surface area (TPSA) is 112 Å². The maximum Gasteiger partial charge on any atom is 0.416 e. The van der Waals surface area contributed by atoms with Gasteiger partial charge in [-0.25, -0.2) is 5.43 Å². The van der Waals surface area contributed by atoms with Crippen molar-refractivity contribution in [3.63, 3.8) is 0 Å². The molecule has 0 aromatic heterocycles. The lowest BCUT2D eigenvalue weighted by atomic mass is 10.2. The quantitative estimate of drug-likeness (QED) is 0.0996. The molecule has 1 N–H and O–H groups in total.